The number of alkyl halides is 3. The fourth-order valence-corrected chi connectivity index (χ4v) is 4.58. The second kappa shape index (κ2) is 8.16. The highest BCUT2D eigenvalue weighted by Gasteiger charge is 2.31. The van der Waals surface area contributed by atoms with Gasteiger partial charge in [-0.2, -0.15) is 18.3 Å². The lowest BCUT2D eigenvalue weighted by Gasteiger charge is -2.09. The van der Waals surface area contributed by atoms with E-state index in [4.69, 9.17) is 5.73 Å². The number of nitrogen functional groups attached to an aromatic ring is 1. The number of Topliss-reactive ketones (excluding diaryl/α,β-unsaturated/α-hetero) is 1. The molecule has 0 bridgehead atoms. The van der Waals surface area contributed by atoms with Gasteiger partial charge in [0.15, 0.2) is 5.78 Å². The van der Waals surface area contributed by atoms with Crippen LogP contribution in [0.1, 0.15) is 32.9 Å². The number of hydrogen-bond donors (Lipinski definition) is 2. The monoisotopic (exact) mass is 500 g/mol. The summed E-state index contributed by atoms with van der Waals surface area (Å²) in [5, 5.41) is 4.33. The van der Waals surface area contributed by atoms with Gasteiger partial charge in [0.2, 0.25) is 0 Å². The third kappa shape index (κ3) is 3.96. The first-order valence-electron chi connectivity index (χ1n) is 11.4. The molecule has 0 unspecified atom stereocenters. The fraction of sp³-hybridized carbons (Fsp3) is 0.111. The summed E-state index contributed by atoms with van der Waals surface area (Å²) in [7, 11) is 0. The topological polar surface area (TPSA) is 102 Å². The van der Waals surface area contributed by atoms with Crippen LogP contribution in [0.2, 0.25) is 0 Å². The lowest BCUT2D eigenvalue weighted by Crippen LogP contribution is -2.08. The van der Waals surface area contributed by atoms with E-state index in [2.05, 4.69) is 20.1 Å². The van der Waals surface area contributed by atoms with E-state index in [-0.39, 0.29) is 22.9 Å². The zero-order valence-corrected chi connectivity index (χ0v) is 19.5. The molecule has 0 saturated heterocycles. The van der Waals surface area contributed by atoms with Crippen molar-refractivity contribution in [3.05, 3.63) is 94.6 Å². The quantitative estimate of drug-likeness (QED) is 0.316. The summed E-state index contributed by atoms with van der Waals surface area (Å²) in [6, 6.07) is 12.7. The summed E-state index contributed by atoms with van der Waals surface area (Å²) in [5.41, 5.74) is 11.1. The number of carbonyl (C=O) groups excluding carboxylic acids is 1. The number of anilines is 1. The van der Waals surface area contributed by atoms with Gasteiger partial charge >= 0.3 is 6.18 Å². The van der Waals surface area contributed by atoms with Gasteiger partial charge in [-0.25, -0.2) is 9.67 Å². The van der Waals surface area contributed by atoms with E-state index in [0.29, 0.717) is 23.2 Å². The van der Waals surface area contributed by atoms with Gasteiger partial charge in [-0.1, -0.05) is 12.1 Å². The first-order valence-corrected chi connectivity index (χ1v) is 11.4. The molecule has 0 aliphatic heterocycles. The third-order valence-corrected chi connectivity index (χ3v) is 6.41. The lowest BCUT2D eigenvalue weighted by molar-refractivity contribution is -0.137. The van der Waals surface area contributed by atoms with Gasteiger partial charge in [-0.3, -0.25) is 9.78 Å². The molecule has 3 aromatic heterocycles. The number of aryl methyl sites for hydroxylation is 1. The van der Waals surface area contributed by atoms with Crippen molar-refractivity contribution >= 4 is 28.7 Å². The average Bonchev–Trinajstić information content (AvgIpc) is 3.57. The van der Waals surface area contributed by atoms with Crippen LogP contribution in [0.5, 0.6) is 0 Å². The Morgan fingerprint density at radius 3 is 2.76 bits per heavy atom. The molecule has 6 rings (SSSR count). The van der Waals surface area contributed by atoms with Crippen LogP contribution >= 0.6 is 0 Å². The maximum atomic E-state index is 13.4. The minimum absolute atomic E-state index is 0.214. The smallest absolute Gasteiger partial charge is 0.383 e. The van der Waals surface area contributed by atoms with Crippen molar-refractivity contribution in [2.45, 2.75) is 19.5 Å². The van der Waals surface area contributed by atoms with Crippen molar-refractivity contribution in [2.75, 3.05) is 5.73 Å². The number of nitrogens with one attached hydrogen (secondary N) is 1. The van der Waals surface area contributed by atoms with Crippen molar-refractivity contribution in [3.63, 3.8) is 0 Å². The zero-order valence-electron chi connectivity index (χ0n) is 19.5. The van der Waals surface area contributed by atoms with E-state index >= 15 is 0 Å². The molecule has 184 valence electrons. The van der Waals surface area contributed by atoms with Gasteiger partial charge in [0, 0.05) is 23.8 Å². The predicted octanol–water partition coefficient (Wildman–Crippen LogP) is 5.54. The molecule has 2 aromatic carbocycles. The number of H-pyrrole nitrogens is 1. The summed E-state index contributed by atoms with van der Waals surface area (Å²) >= 11 is 0. The second-order valence-corrected chi connectivity index (χ2v) is 8.90. The van der Waals surface area contributed by atoms with Gasteiger partial charge in [0.05, 0.1) is 39.7 Å². The largest absolute Gasteiger partial charge is 0.416 e. The highest BCUT2D eigenvalue weighted by atomic mass is 19.4. The second-order valence-electron chi connectivity index (χ2n) is 8.90. The molecule has 0 spiro atoms. The van der Waals surface area contributed by atoms with E-state index in [9.17, 15) is 18.0 Å². The molecule has 5 aromatic rings. The fourth-order valence-electron chi connectivity index (χ4n) is 4.58. The molecule has 0 amide bonds. The van der Waals surface area contributed by atoms with Gasteiger partial charge in [0.25, 0.3) is 0 Å². The highest BCUT2D eigenvalue weighted by Crippen LogP contribution is 2.34. The molecule has 0 atom stereocenters. The Balaban J connectivity index is 1.26. The Hall–Kier alpha value is -4.73. The number of fused-ring (bicyclic) bond motifs is 2. The zero-order chi connectivity index (χ0) is 25.9. The minimum atomic E-state index is -4.46. The van der Waals surface area contributed by atoms with E-state index < -0.39 is 11.7 Å². The van der Waals surface area contributed by atoms with Crippen LogP contribution < -0.4 is 5.73 Å². The number of nitrogens with zero attached hydrogens (tertiary/aromatic N) is 4. The SMILES string of the molecule is Cc1nc2ccc(-n3ncc(C(=O)C4=Cc5ccc(-c6cc(C(F)(F)F)ccn6)cc5C4)c3N)cc2[nH]1. The lowest BCUT2D eigenvalue weighted by atomic mass is 10.0. The van der Waals surface area contributed by atoms with Crippen molar-refractivity contribution in [3.8, 4) is 16.9 Å². The summed E-state index contributed by atoms with van der Waals surface area (Å²) in [4.78, 5) is 25.0. The molecular formula is C27H19F3N6O. The standard InChI is InChI=1S/C27H19F3N6O/c1-14-34-22-5-4-20(12-24(22)35-14)36-26(31)21(13-33-36)25(37)18-8-15-2-3-16(9-17(15)10-18)23-11-19(6-7-32-23)27(28,29)30/h2-9,11-13H,10,31H2,1H3,(H,34,35). The summed E-state index contributed by atoms with van der Waals surface area (Å²) in [6.07, 6.45) is 0.233. The molecule has 3 N–H and O–H groups in total. The van der Waals surface area contributed by atoms with E-state index in [1.54, 1.807) is 24.3 Å². The predicted molar refractivity (Wildman–Crippen MR) is 133 cm³/mol. The number of aromatic nitrogens is 5. The van der Waals surface area contributed by atoms with E-state index in [0.717, 1.165) is 46.3 Å². The summed E-state index contributed by atoms with van der Waals surface area (Å²) in [6.45, 7) is 1.87. The Kier molecular flexibility index (Phi) is 5.01. The first kappa shape index (κ1) is 22.7. The first-order chi connectivity index (χ1) is 17.7. The molecule has 0 radical (unpaired) electrons. The number of imidazole rings is 1. The number of allylic oxidation sites excluding steroid dienone is 1. The Bertz CT molecular complexity index is 1740. The molecule has 0 saturated carbocycles. The number of halogens is 3. The van der Waals surface area contributed by atoms with Gasteiger partial charge in [-0.15, -0.1) is 0 Å². The number of ketones is 1. The number of hydrogen-bond acceptors (Lipinski definition) is 5. The molecule has 10 heteroatoms. The Labute approximate surface area is 208 Å². The molecule has 1 aliphatic rings. The van der Waals surface area contributed by atoms with Gasteiger partial charge in [-0.05, 0) is 60.5 Å². The molecular weight excluding hydrogens is 481 g/mol. The van der Waals surface area contributed by atoms with E-state index in [1.807, 2.05) is 25.1 Å². The van der Waals surface area contributed by atoms with Crippen molar-refractivity contribution in [2.24, 2.45) is 0 Å². The summed E-state index contributed by atoms with van der Waals surface area (Å²) in [5.74, 6) is 0.750. The number of pyridine rings is 1. The molecule has 7 nitrogen and oxygen atoms in total. The number of benzene rings is 2. The number of carbonyl (C=O) groups is 1. The molecule has 37 heavy (non-hydrogen) atoms. The number of rotatable bonds is 4. The average molecular weight is 500 g/mol. The third-order valence-electron chi connectivity index (χ3n) is 6.41. The van der Waals surface area contributed by atoms with Crippen LogP contribution in [0, 0.1) is 6.92 Å². The van der Waals surface area contributed by atoms with Gasteiger partial charge < -0.3 is 10.7 Å². The Morgan fingerprint density at radius 2 is 1.95 bits per heavy atom. The molecule has 0 fully saturated rings. The van der Waals surface area contributed by atoms with Crippen LogP contribution in [-0.4, -0.2) is 30.5 Å². The van der Waals surface area contributed by atoms with Crippen LogP contribution in [0.4, 0.5) is 19.0 Å². The maximum absolute atomic E-state index is 13.4. The molecule has 1 aliphatic carbocycles. The van der Waals surface area contributed by atoms with Crippen LogP contribution in [-0.2, 0) is 12.6 Å². The Morgan fingerprint density at radius 1 is 1.11 bits per heavy atom. The molecule has 3 heterocycles. The van der Waals surface area contributed by atoms with Crippen molar-refractivity contribution in [1.82, 2.24) is 24.7 Å². The maximum Gasteiger partial charge on any atom is 0.416 e. The van der Waals surface area contributed by atoms with Gasteiger partial charge in [0.1, 0.15) is 11.6 Å². The number of nitrogens with two attached hydrogens (primary N) is 1. The number of aromatic amines is 1. The van der Waals surface area contributed by atoms with Crippen LogP contribution in [0.25, 0.3) is 34.1 Å². The van der Waals surface area contributed by atoms with Crippen LogP contribution in [0.3, 0.4) is 0 Å². The minimum Gasteiger partial charge on any atom is -0.383 e. The van der Waals surface area contributed by atoms with Crippen LogP contribution in [0.15, 0.2) is 66.5 Å². The van der Waals surface area contributed by atoms with Crippen molar-refractivity contribution in [1.29, 1.82) is 0 Å². The highest BCUT2D eigenvalue weighted by molar-refractivity contribution is 6.15. The normalized spacial score (nSPS) is 13.1. The summed E-state index contributed by atoms with van der Waals surface area (Å²) < 4.78 is 40.9. The van der Waals surface area contributed by atoms with E-state index in [1.165, 1.54) is 10.9 Å². The van der Waals surface area contributed by atoms with Crippen molar-refractivity contribution < 1.29 is 18.0 Å².